The van der Waals surface area contributed by atoms with E-state index in [9.17, 15) is 4.79 Å². The molecule has 0 fully saturated rings. The normalized spacial score (nSPS) is 12.1. The van der Waals surface area contributed by atoms with E-state index in [1.54, 1.807) is 24.3 Å². The molecule has 1 atom stereocenters. The van der Waals surface area contributed by atoms with Crippen LogP contribution < -0.4 is 11.1 Å². The zero-order valence-electron chi connectivity index (χ0n) is 13.2. The number of carbonyl (C=O) groups is 1. The highest BCUT2D eigenvalue weighted by Crippen LogP contribution is 2.32. The van der Waals surface area contributed by atoms with Crippen LogP contribution in [0.4, 0.5) is 5.69 Å². The first kappa shape index (κ1) is 18.1. The highest BCUT2D eigenvalue weighted by molar-refractivity contribution is 5.95. The molecular formula is C18H23ClN2O. The number of nitrogen functional groups attached to an aromatic ring is 1. The second-order valence-electron chi connectivity index (χ2n) is 6.31. The van der Waals surface area contributed by atoms with Crippen LogP contribution in [0.3, 0.4) is 0 Å². The Bertz CT molecular complexity index is 620. The number of carbonyl (C=O) groups excluding carboxylic acids is 1. The van der Waals surface area contributed by atoms with Gasteiger partial charge in [0.05, 0.1) is 6.04 Å². The molecule has 0 aromatic heterocycles. The molecule has 2 aromatic carbocycles. The van der Waals surface area contributed by atoms with Gasteiger partial charge in [0.1, 0.15) is 0 Å². The van der Waals surface area contributed by atoms with Crippen molar-refractivity contribution >= 4 is 24.0 Å². The first-order chi connectivity index (χ1) is 9.88. The minimum Gasteiger partial charge on any atom is -0.399 e. The summed E-state index contributed by atoms with van der Waals surface area (Å²) in [5.41, 5.74) is 7.93. The van der Waals surface area contributed by atoms with Gasteiger partial charge in [0.15, 0.2) is 0 Å². The fourth-order valence-electron chi connectivity index (χ4n) is 2.34. The van der Waals surface area contributed by atoms with E-state index in [1.165, 1.54) is 0 Å². The molecule has 1 unspecified atom stereocenters. The van der Waals surface area contributed by atoms with E-state index >= 15 is 0 Å². The van der Waals surface area contributed by atoms with Crippen LogP contribution in [-0.2, 0) is 0 Å². The van der Waals surface area contributed by atoms with Crippen molar-refractivity contribution in [2.24, 2.45) is 5.41 Å². The maximum absolute atomic E-state index is 12.5. The van der Waals surface area contributed by atoms with Crippen LogP contribution in [0.1, 0.15) is 42.7 Å². The maximum Gasteiger partial charge on any atom is 0.251 e. The van der Waals surface area contributed by atoms with E-state index in [4.69, 9.17) is 5.73 Å². The number of hydrogen-bond acceptors (Lipinski definition) is 2. The maximum atomic E-state index is 12.5. The first-order valence-corrected chi connectivity index (χ1v) is 7.09. The van der Waals surface area contributed by atoms with E-state index in [0.29, 0.717) is 11.3 Å². The van der Waals surface area contributed by atoms with Crippen molar-refractivity contribution in [1.82, 2.24) is 5.32 Å². The minimum atomic E-state index is -0.105. The molecule has 2 aromatic rings. The number of halogens is 1. The summed E-state index contributed by atoms with van der Waals surface area (Å²) in [6, 6.07) is 17.0. The van der Waals surface area contributed by atoms with Gasteiger partial charge in [0.25, 0.3) is 5.91 Å². The van der Waals surface area contributed by atoms with Crippen molar-refractivity contribution in [3.05, 3.63) is 65.7 Å². The van der Waals surface area contributed by atoms with Gasteiger partial charge in [0, 0.05) is 11.3 Å². The highest BCUT2D eigenvalue weighted by Gasteiger charge is 2.28. The number of amides is 1. The first-order valence-electron chi connectivity index (χ1n) is 7.09. The van der Waals surface area contributed by atoms with Crippen LogP contribution in [-0.4, -0.2) is 5.91 Å². The molecule has 0 bridgehead atoms. The molecule has 0 radical (unpaired) electrons. The fraction of sp³-hybridized carbons (Fsp3) is 0.278. The summed E-state index contributed by atoms with van der Waals surface area (Å²) >= 11 is 0. The zero-order chi connectivity index (χ0) is 15.5. The zero-order valence-corrected chi connectivity index (χ0v) is 14.0. The Kier molecular flexibility index (Phi) is 6.01. The monoisotopic (exact) mass is 318 g/mol. The van der Waals surface area contributed by atoms with Gasteiger partial charge >= 0.3 is 0 Å². The molecule has 0 saturated heterocycles. The van der Waals surface area contributed by atoms with E-state index in [1.807, 2.05) is 30.3 Å². The van der Waals surface area contributed by atoms with E-state index in [0.717, 1.165) is 5.56 Å². The van der Waals surface area contributed by atoms with Gasteiger partial charge in [-0.1, -0.05) is 57.2 Å². The molecule has 1 amide bonds. The van der Waals surface area contributed by atoms with E-state index in [-0.39, 0.29) is 29.8 Å². The lowest BCUT2D eigenvalue weighted by atomic mass is 9.82. The third kappa shape index (κ3) is 4.50. The molecule has 2 rings (SSSR count). The molecule has 118 valence electrons. The van der Waals surface area contributed by atoms with Gasteiger partial charge in [-0.2, -0.15) is 0 Å². The molecule has 0 aliphatic rings. The van der Waals surface area contributed by atoms with Crippen molar-refractivity contribution in [3.8, 4) is 0 Å². The lowest BCUT2D eigenvalue weighted by molar-refractivity contribution is 0.0902. The summed E-state index contributed by atoms with van der Waals surface area (Å²) in [6.07, 6.45) is 0. The topological polar surface area (TPSA) is 55.1 Å². The van der Waals surface area contributed by atoms with Crippen LogP contribution in [0, 0.1) is 5.41 Å². The molecule has 22 heavy (non-hydrogen) atoms. The molecule has 3 N–H and O–H groups in total. The molecule has 0 heterocycles. The highest BCUT2D eigenvalue weighted by atomic mass is 35.5. The van der Waals surface area contributed by atoms with Crippen LogP contribution in [0.25, 0.3) is 0 Å². The van der Waals surface area contributed by atoms with Crippen LogP contribution in [0.5, 0.6) is 0 Å². The van der Waals surface area contributed by atoms with Crippen molar-refractivity contribution < 1.29 is 4.79 Å². The van der Waals surface area contributed by atoms with Gasteiger partial charge in [0.2, 0.25) is 0 Å². The van der Waals surface area contributed by atoms with Gasteiger partial charge in [-0.15, -0.1) is 12.4 Å². The van der Waals surface area contributed by atoms with Gasteiger partial charge < -0.3 is 11.1 Å². The molecule has 3 nitrogen and oxygen atoms in total. The number of hydrogen-bond donors (Lipinski definition) is 2. The second kappa shape index (κ2) is 7.32. The minimum absolute atomic E-state index is 0. The third-order valence-corrected chi connectivity index (χ3v) is 3.42. The SMILES string of the molecule is CC(C)(C)C(NC(=O)c1cccc(N)c1)c1ccccc1.Cl. The Morgan fingerprint density at radius 3 is 2.23 bits per heavy atom. The molecular weight excluding hydrogens is 296 g/mol. The molecule has 0 aliphatic heterocycles. The standard InChI is InChI=1S/C18H22N2O.ClH/c1-18(2,3)16(13-8-5-4-6-9-13)20-17(21)14-10-7-11-15(19)12-14;/h4-12,16H,19H2,1-3H3,(H,20,21);1H. The average molecular weight is 319 g/mol. The summed E-state index contributed by atoms with van der Waals surface area (Å²) in [5.74, 6) is -0.105. The van der Waals surface area contributed by atoms with Gasteiger partial charge in [-0.3, -0.25) is 4.79 Å². The quantitative estimate of drug-likeness (QED) is 0.833. The Morgan fingerprint density at radius 1 is 1.05 bits per heavy atom. The van der Waals surface area contributed by atoms with Crippen molar-refractivity contribution in [3.63, 3.8) is 0 Å². The summed E-state index contributed by atoms with van der Waals surface area (Å²) in [6.45, 7) is 6.35. The Balaban J connectivity index is 0.00000242. The summed E-state index contributed by atoms with van der Waals surface area (Å²) in [4.78, 5) is 12.5. The Morgan fingerprint density at radius 2 is 1.68 bits per heavy atom. The van der Waals surface area contributed by atoms with Crippen molar-refractivity contribution in [2.45, 2.75) is 26.8 Å². The van der Waals surface area contributed by atoms with E-state index < -0.39 is 0 Å². The van der Waals surface area contributed by atoms with Crippen molar-refractivity contribution in [1.29, 1.82) is 0 Å². The summed E-state index contributed by atoms with van der Waals surface area (Å²) in [5, 5.41) is 3.12. The number of benzene rings is 2. The van der Waals surface area contributed by atoms with Crippen molar-refractivity contribution in [2.75, 3.05) is 5.73 Å². The molecule has 0 spiro atoms. The summed E-state index contributed by atoms with van der Waals surface area (Å²) < 4.78 is 0. The number of anilines is 1. The van der Waals surface area contributed by atoms with Crippen LogP contribution >= 0.6 is 12.4 Å². The smallest absolute Gasteiger partial charge is 0.251 e. The number of rotatable bonds is 3. The van der Waals surface area contributed by atoms with Crippen LogP contribution in [0.2, 0.25) is 0 Å². The number of nitrogens with one attached hydrogen (secondary N) is 1. The van der Waals surface area contributed by atoms with Gasteiger partial charge in [-0.25, -0.2) is 0 Å². The molecule has 0 saturated carbocycles. The lowest BCUT2D eigenvalue weighted by Crippen LogP contribution is -2.36. The Hall–Kier alpha value is -2.00. The second-order valence-corrected chi connectivity index (χ2v) is 6.31. The van der Waals surface area contributed by atoms with E-state index in [2.05, 4.69) is 26.1 Å². The predicted molar refractivity (Wildman–Crippen MR) is 94.2 cm³/mol. The fourth-order valence-corrected chi connectivity index (χ4v) is 2.34. The molecule has 0 aliphatic carbocycles. The average Bonchev–Trinajstić information content (AvgIpc) is 2.44. The largest absolute Gasteiger partial charge is 0.399 e. The summed E-state index contributed by atoms with van der Waals surface area (Å²) in [7, 11) is 0. The van der Waals surface area contributed by atoms with Crippen LogP contribution in [0.15, 0.2) is 54.6 Å². The third-order valence-electron chi connectivity index (χ3n) is 3.42. The lowest BCUT2D eigenvalue weighted by Gasteiger charge is -2.32. The predicted octanol–water partition coefficient (Wildman–Crippen LogP) is 4.21. The number of nitrogens with two attached hydrogens (primary N) is 1. The molecule has 4 heteroatoms. The Labute approximate surface area is 138 Å². The van der Waals surface area contributed by atoms with Gasteiger partial charge in [-0.05, 0) is 29.2 Å².